The first kappa shape index (κ1) is 24.6. The maximum atomic E-state index is 13.5. The Morgan fingerprint density at radius 3 is 2.21 bits per heavy atom. The third-order valence-electron chi connectivity index (χ3n) is 7.42. The van der Waals surface area contributed by atoms with Crippen LogP contribution in [0, 0.1) is 0 Å². The maximum absolute atomic E-state index is 13.5. The van der Waals surface area contributed by atoms with Crippen molar-refractivity contribution in [1.82, 2.24) is 4.90 Å². The normalized spacial score (nSPS) is 23.6. The molecule has 2 fully saturated rings. The van der Waals surface area contributed by atoms with Crippen LogP contribution >= 0.6 is 0 Å². The van der Waals surface area contributed by atoms with E-state index in [0.717, 1.165) is 27.8 Å². The van der Waals surface area contributed by atoms with E-state index in [2.05, 4.69) is 24.3 Å². The molecule has 8 nitrogen and oxygen atoms in total. The molecule has 196 valence electrons. The Balaban J connectivity index is 1.18. The van der Waals surface area contributed by atoms with Crippen molar-refractivity contribution in [3.63, 3.8) is 0 Å². The van der Waals surface area contributed by atoms with Crippen molar-refractivity contribution < 1.29 is 33.3 Å². The first-order chi connectivity index (χ1) is 18.6. The molecule has 2 bridgehead atoms. The molecular formula is C30H29NO7. The Hall–Kier alpha value is -3.72. The number of carbonyl (C=O) groups excluding carboxylic acids is 2. The van der Waals surface area contributed by atoms with Crippen LogP contribution in [0.4, 0.5) is 4.79 Å². The summed E-state index contributed by atoms with van der Waals surface area (Å²) in [6.07, 6.45) is -2.87. The molecule has 0 aromatic heterocycles. The van der Waals surface area contributed by atoms with E-state index in [4.69, 9.17) is 23.7 Å². The summed E-state index contributed by atoms with van der Waals surface area (Å²) in [6, 6.07) is 25.6. The van der Waals surface area contributed by atoms with Gasteiger partial charge in [-0.15, -0.1) is 0 Å². The SMILES string of the molecule is COC(=O)[C@@H]1O[C@@H]2O[C@H]1CN(C(=O)OCC1c3ccccc3-c3ccccc31)[C@H]2COCc1ccccc1. The molecule has 6 rings (SSSR count). The van der Waals surface area contributed by atoms with Gasteiger partial charge in [-0.2, -0.15) is 0 Å². The van der Waals surface area contributed by atoms with Crippen molar-refractivity contribution in [1.29, 1.82) is 0 Å². The number of esters is 1. The van der Waals surface area contributed by atoms with Crippen molar-refractivity contribution in [2.45, 2.75) is 37.1 Å². The minimum Gasteiger partial charge on any atom is -0.467 e. The molecule has 0 unspecified atom stereocenters. The van der Waals surface area contributed by atoms with E-state index >= 15 is 0 Å². The molecule has 2 saturated heterocycles. The largest absolute Gasteiger partial charge is 0.467 e. The van der Waals surface area contributed by atoms with Crippen LogP contribution in [0.2, 0.25) is 0 Å². The van der Waals surface area contributed by atoms with Gasteiger partial charge in [0.15, 0.2) is 12.4 Å². The number of hydrogen-bond acceptors (Lipinski definition) is 7. The van der Waals surface area contributed by atoms with Gasteiger partial charge in [0.25, 0.3) is 0 Å². The van der Waals surface area contributed by atoms with E-state index in [0.29, 0.717) is 6.61 Å². The highest BCUT2D eigenvalue weighted by Crippen LogP contribution is 2.44. The summed E-state index contributed by atoms with van der Waals surface area (Å²) in [7, 11) is 1.30. The Morgan fingerprint density at radius 1 is 0.868 bits per heavy atom. The van der Waals surface area contributed by atoms with Gasteiger partial charge in [-0.25, -0.2) is 9.59 Å². The average Bonchev–Trinajstić information content (AvgIpc) is 3.48. The quantitative estimate of drug-likeness (QED) is 0.438. The van der Waals surface area contributed by atoms with Crippen LogP contribution in [0.5, 0.6) is 0 Å². The fourth-order valence-electron chi connectivity index (χ4n) is 5.55. The smallest absolute Gasteiger partial charge is 0.410 e. The van der Waals surface area contributed by atoms with Crippen LogP contribution in [-0.2, 0) is 35.1 Å². The predicted molar refractivity (Wildman–Crippen MR) is 137 cm³/mol. The monoisotopic (exact) mass is 515 g/mol. The van der Waals surface area contributed by atoms with E-state index in [1.807, 2.05) is 54.6 Å². The molecule has 4 atom stereocenters. The highest BCUT2D eigenvalue weighted by atomic mass is 16.7. The number of morpholine rings is 1. The van der Waals surface area contributed by atoms with Gasteiger partial charge in [0.2, 0.25) is 0 Å². The minimum absolute atomic E-state index is 0.0593. The van der Waals surface area contributed by atoms with Crippen molar-refractivity contribution in [3.05, 3.63) is 95.6 Å². The number of amides is 1. The molecule has 3 aliphatic rings. The molecule has 38 heavy (non-hydrogen) atoms. The molecule has 0 N–H and O–H groups in total. The van der Waals surface area contributed by atoms with E-state index in [1.165, 1.54) is 7.11 Å². The number of carbonyl (C=O) groups is 2. The Bertz CT molecular complexity index is 1270. The van der Waals surface area contributed by atoms with E-state index in [-0.39, 0.29) is 25.7 Å². The summed E-state index contributed by atoms with van der Waals surface area (Å²) in [5, 5.41) is 0. The van der Waals surface area contributed by atoms with Gasteiger partial charge in [-0.1, -0.05) is 78.9 Å². The van der Waals surface area contributed by atoms with Crippen molar-refractivity contribution >= 4 is 12.1 Å². The second-order valence-corrected chi connectivity index (χ2v) is 9.65. The van der Waals surface area contributed by atoms with Crippen LogP contribution in [0.3, 0.4) is 0 Å². The Labute approximate surface area is 221 Å². The van der Waals surface area contributed by atoms with Gasteiger partial charge >= 0.3 is 12.1 Å². The molecule has 0 saturated carbocycles. The summed E-state index contributed by atoms with van der Waals surface area (Å²) in [6.45, 7) is 0.849. The van der Waals surface area contributed by atoms with Crippen LogP contribution < -0.4 is 0 Å². The number of fused-ring (bicyclic) bond motifs is 5. The van der Waals surface area contributed by atoms with Crippen LogP contribution in [0.25, 0.3) is 11.1 Å². The molecule has 1 amide bonds. The summed E-state index contributed by atoms with van der Waals surface area (Å²) < 4.78 is 28.6. The highest BCUT2D eigenvalue weighted by molar-refractivity contribution is 5.79. The summed E-state index contributed by atoms with van der Waals surface area (Å²) in [5.41, 5.74) is 5.61. The number of rotatable bonds is 7. The topological polar surface area (TPSA) is 83.5 Å². The van der Waals surface area contributed by atoms with Gasteiger partial charge in [-0.05, 0) is 27.8 Å². The second-order valence-electron chi connectivity index (χ2n) is 9.65. The number of nitrogens with zero attached hydrogens (tertiary/aromatic N) is 1. The van der Waals surface area contributed by atoms with Crippen molar-refractivity contribution in [2.75, 3.05) is 26.9 Å². The number of benzene rings is 3. The van der Waals surface area contributed by atoms with Gasteiger partial charge in [0.05, 0.1) is 26.9 Å². The minimum atomic E-state index is -0.909. The lowest BCUT2D eigenvalue weighted by Crippen LogP contribution is -2.56. The first-order valence-electron chi connectivity index (χ1n) is 12.8. The maximum Gasteiger partial charge on any atom is 0.410 e. The molecular weight excluding hydrogens is 486 g/mol. The Morgan fingerprint density at radius 2 is 1.53 bits per heavy atom. The lowest BCUT2D eigenvalue weighted by molar-refractivity contribution is -0.164. The third kappa shape index (κ3) is 4.55. The zero-order valence-corrected chi connectivity index (χ0v) is 21.0. The third-order valence-corrected chi connectivity index (χ3v) is 7.42. The molecule has 3 aromatic rings. The van der Waals surface area contributed by atoms with E-state index in [1.54, 1.807) is 4.90 Å². The number of ether oxygens (including phenoxy) is 5. The molecule has 8 heteroatoms. The van der Waals surface area contributed by atoms with E-state index in [9.17, 15) is 9.59 Å². The van der Waals surface area contributed by atoms with Crippen LogP contribution in [0.1, 0.15) is 22.6 Å². The van der Waals surface area contributed by atoms with Crippen LogP contribution in [-0.4, -0.2) is 68.4 Å². The molecule has 3 aromatic carbocycles. The van der Waals surface area contributed by atoms with Gasteiger partial charge in [-0.3, -0.25) is 4.90 Å². The molecule has 2 heterocycles. The summed E-state index contributed by atoms with van der Waals surface area (Å²) in [5.74, 6) is -0.591. The second kappa shape index (κ2) is 10.6. The lowest BCUT2D eigenvalue weighted by atomic mass is 9.98. The summed E-state index contributed by atoms with van der Waals surface area (Å²) in [4.78, 5) is 27.4. The standard InChI is InChI=1S/C30H29NO7/c1-34-28(32)27-26-15-31(25(29(37-26)38-27)18-35-16-19-9-3-2-4-10-19)30(33)36-17-24-22-13-7-5-11-20(22)21-12-6-8-14-23(21)24/h2-14,24-27,29H,15-18H2,1H3/t25-,26-,27+,29-/m0/s1. The summed E-state index contributed by atoms with van der Waals surface area (Å²) >= 11 is 0. The number of hydrogen-bond donors (Lipinski definition) is 0. The fourth-order valence-corrected chi connectivity index (χ4v) is 5.55. The molecule has 0 spiro atoms. The zero-order valence-electron chi connectivity index (χ0n) is 21.0. The fraction of sp³-hybridized carbons (Fsp3) is 0.333. The lowest BCUT2D eigenvalue weighted by Gasteiger charge is -2.37. The first-order valence-corrected chi connectivity index (χ1v) is 12.8. The molecule has 2 aliphatic heterocycles. The predicted octanol–water partition coefficient (Wildman–Crippen LogP) is 4.12. The van der Waals surface area contributed by atoms with Crippen molar-refractivity contribution in [2.24, 2.45) is 0 Å². The average molecular weight is 516 g/mol. The van der Waals surface area contributed by atoms with Gasteiger partial charge in [0, 0.05) is 5.92 Å². The van der Waals surface area contributed by atoms with E-state index < -0.39 is 36.6 Å². The van der Waals surface area contributed by atoms with Crippen molar-refractivity contribution in [3.8, 4) is 11.1 Å². The molecule has 1 aliphatic carbocycles. The Kier molecular flexibility index (Phi) is 6.84. The van der Waals surface area contributed by atoms with Gasteiger partial charge < -0.3 is 23.7 Å². The highest BCUT2D eigenvalue weighted by Gasteiger charge is 2.53. The van der Waals surface area contributed by atoms with Crippen LogP contribution in [0.15, 0.2) is 78.9 Å². The van der Waals surface area contributed by atoms with Gasteiger partial charge in [0.1, 0.15) is 18.8 Å². The number of methoxy groups -OCH3 is 1. The molecule has 0 radical (unpaired) electrons. The zero-order chi connectivity index (χ0) is 26.1.